The van der Waals surface area contributed by atoms with Gasteiger partial charge in [-0.15, -0.1) is 0 Å². The normalized spacial score (nSPS) is 16.2. The summed E-state index contributed by atoms with van der Waals surface area (Å²) in [4.78, 5) is 30.0. The van der Waals surface area contributed by atoms with Crippen LogP contribution in [0.5, 0.6) is 0 Å². The molecular formula is C19H30N2O3. The average molecular weight is 334 g/mol. The lowest BCUT2D eigenvalue weighted by Crippen LogP contribution is -2.41. The Kier molecular flexibility index (Phi) is 6.08. The molecule has 0 aromatic carbocycles. The van der Waals surface area contributed by atoms with E-state index in [-0.39, 0.29) is 23.8 Å². The summed E-state index contributed by atoms with van der Waals surface area (Å²) in [6.07, 6.45) is 5.23. The number of H-pyrrole nitrogens is 1. The smallest absolute Gasteiger partial charge is 0.354 e. The second-order valence-electron chi connectivity index (χ2n) is 6.92. The molecule has 1 aromatic heterocycles. The summed E-state index contributed by atoms with van der Waals surface area (Å²) < 4.78 is 4.84. The number of ether oxygens (including phenoxy) is 1. The van der Waals surface area contributed by atoms with Crippen molar-refractivity contribution in [2.24, 2.45) is 5.92 Å². The SMILES string of the molecule is CCC(C)N(Cc1c(C)[nH]c(C(=O)OC)c1C)C(=O)C1CCCC1. The summed E-state index contributed by atoms with van der Waals surface area (Å²) >= 11 is 0. The zero-order chi connectivity index (χ0) is 17.9. The monoisotopic (exact) mass is 334 g/mol. The molecule has 0 spiro atoms. The molecule has 0 bridgehead atoms. The maximum atomic E-state index is 13.0. The molecule has 1 aliphatic rings. The summed E-state index contributed by atoms with van der Waals surface area (Å²) in [6, 6.07) is 0.188. The van der Waals surface area contributed by atoms with Gasteiger partial charge in [0.05, 0.1) is 7.11 Å². The molecule has 5 nitrogen and oxygen atoms in total. The Labute approximate surface area is 144 Å². The van der Waals surface area contributed by atoms with Crippen LogP contribution in [-0.4, -0.2) is 34.9 Å². The molecule has 24 heavy (non-hydrogen) atoms. The highest BCUT2D eigenvalue weighted by molar-refractivity contribution is 5.89. The molecule has 1 aliphatic carbocycles. The molecule has 1 N–H and O–H groups in total. The van der Waals surface area contributed by atoms with Crippen molar-refractivity contribution >= 4 is 11.9 Å². The lowest BCUT2D eigenvalue weighted by atomic mass is 10.0. The second-order valence-corrected chi connectivity index (χ2v) is 6.92. The van der Waals surface area contributed by atoms with E-state index in [0.717, 1.165) is 48.9 Å². The number of amides is 1. The van der Waals surface area contributed by atoms with Crippen LogP contribution in [0, 0.1) is 19.8 Å². The van der Waals surface area contributed by atoms with Gasteiger partial charge in [0, 0.05) is 24.2 Å². The third-order valence-electron chi connectivity index (χ3n) is 5.42. The van der Waals surface area contributed by atoms with E-state index in [9.17, 15) is 9.59 Å². The fraction of sp³-hybridized carbons (Fsp3) is 0.684. The summed E-state index contributed by atoms with van der Waals surface area (Å²) in [5, 5.41) is 0. The third-order valence-corrected chi connectivity index (χ3v) is 5.42. The number of aromatic amines is 1. The number of hydrogen-bond acceptors (Lipinski definition) is 3. The van der Waals surface area contributed by atoms with Crippen molar-refractivity contribution in [2.75, 3.05) is 7.11 Å². The van der Waals surface area contributed by atoms with Gasteiger partial charge < -0.3 is 14.6 Å². The number of carbonyl (C=O) groups is 2. The number of aryl methyl sites for hydroxylation is 1. The van der Waals surface area contributed by atoms with Crippen LogP contribution in [0.4, 0.5) is 0 Å². The minimum absolute atomic E-state index is 0.165. The molecule has 2 rings (SSSR count). The van der Waals surface area contributed by atoms with Crippen LogP contribution in [0.3, 0.4) is 0 Å². The minimum atomic E-state index is -0.362. The maximum absolute atomic E-state index is 13.0. The van der Waals surface area contributed by atoms with Gasteiger partial charge in [0.2, 0.25) is 5.91 Å². The lowest BCUT2D eigenvalue weighted by Gasteiger charge is -2.31. The molecule has 0 aliphatic heterocycles. The molecule has 1 amide bonds. The summed E-state index contributed by atoms with van der Waals surface area (Å²) in [7, 11) is 1.38. The molecule has 1 unspecified atom stereocenters. The van der Waals surface area contributed by atoms with Gasteiger partial charge in [0.1, 0.15) is 5.69 Å². The fourth-order valence-electron chi connectivity index (χ4n) is 3.58. The van der Waals surface area contributed by atoms with E-state index in [0.29, 0.717) is 12.2 Å². The first-order valence-corrected chi connectivity index (χ1v) is 8.97. The number of rotatable bonds is 6. The molecule has 1 saturated carbocycles. The lowest BCUT2D eigenvalue weighted by molar-refractivity contribution is -0.138. The van der Waals surface area contributed by atoms with Gasteiger partial charge in [-0.1, -0.05) is 19.8 Å². The van der Waals surface area contributed by atoms with Gasteiger partial charge >= 0.3 is 5.97 Å². The van der Waals surface area contributed by atoms with Crippen molar-refractivity contribution in [1.82, 2.24) is 9.88 Å². The van der Waals surface area contributed by atoms with E-state index in [1.807, 2.05) is 18.7 Å². The Morgan fingerprint density at radius 3 is 2.46 bits per heavy atom. The highest BCUT2D eigenvalue weighted by atomic mass is 16.5. The Bertz CT molecular complexity index is 600. The molecular weight excluding hydrogens is 304 g/mol. The molecule has 134 valence electrons. The van der Waals surface area contributed by atoms with Crippen LogP contribution in [0.1, 0.15) is 73.3 Å². The molecule has 0 saturated heterocycles. The largest absolute Gasteiger partial charge is 0.464 e. The Hall–Kier alpha value is -1.78. The number of hydrogen-bond donors (Lipinski definition) is 1. The average Bonchev–Trinajstić information content (AvgIpc) is 3.20. The van der Waals surface area contributed by atoms with Crippen molar-refractivity contribution in [2.45, 2.75) is 72.4 Å². The first-order valence-electron chi connectivity index (χ1n) is 8.97. The topological polar surface area (TPSA) is 62.4 Å². The fourth-order valence-corrected chi connectivity index (χ4v) is 3.58. The molecule has 5 heteroatoms. The third kappa shape index (κ3) is 3.65. The van der Waals surface area contributed by atoms with E-state index >= 15 is 0 Å². The predicted molar refractivity (Wildman–Crippen MR) is 93.9 cm³/mol. The second kappa shape index (κ2) is 7.86. The number of esters is 1. The predicted octanol–water partition coefficient (Wildman–Crippen LogP) is 3.74. The van der Waals surface area contributed by atoms with Crippen molar-refractivity contribution < 1.29 is 14.3 Å². The van der Waals surface area contributed by atoms with Crippen LogP contribution in [0.25, 0.3) is 0 Å². The van der Waals surface area contributed by atoms with Gasteiger partial charge in [-0.25, -0.2) is 4.79 Å². The number of nitrogens with zero attached hydrogens (tertiary/aromatic N) is 1. The summed E-state index contributed by atoms with van der Waals surface area (Å²) in [6.45, 7) is 8.63. The number of carbonyl (C=O) groups excluding carboxylic acids is 2. The zero-order valence-corrected chi connectivity index (χ0v) is 15.6. The molecule has 1 fully saturated rings. The van der Waals surface area contributed by atoms with E-state index in [1.165, 1.54) is 7.11 Å². The van der Waals surface area contributed by atoms with Gasteiger partial charge in [0.25, 0.3) is 0 Å². The summed E-state index contributed by atoms with van der Waals surface area (Å²) in [5.41, 5.74) is 3.33. The minimum Gasteiger partial charge on any atom is -0.464 e. The Balaban J connectivity index is 2.28. The first-order chi connectivity index (χ1) is 11.4. The zero-order valence-electron chi connectivity index (χ0n) is 15.6. The van der Waals surface area contributed by atoms with Crippen molar-refractivity contribution in [3.63, 3.8) is 0 Å². The highest BCUT2D eigenvalue weighted by Crippen LogP contribution is 2.29. The van der Waals surface area contributed by atoms with Crippen LogP contribution in [0.2, 0.25) is 0 Å². The molecule has 1 heterocycles. The van der Waals surface area contributed by atoms with Crippen LogP contribution >= 0.6 is 0 Å². The maximum Gasteiger partial charge on any atom is 0.354 e. The van der Waals surface area contributed by atoms with Crippen LogP contribution in [-0.2, 0) is 16.1 Å². The van der Waals surface area contributed by atoms with Crippen molar-refractivity contribution in [3.05, 3.63) is 22.5 Å². The molecule has 1 aromatic rings. The van der Waals surface area contributed by atoms with E-state index in [2.05, 4.69) is 18.8 Å². The number of nitrogens with one attached hydrogen (secondary N) is 1. The molecule has 0 radical (unpaired) electrons. The van der Waals surface area contributed by atoms with Crippen LogP contribution < -0.4 is 0 Å². The van der Waals surface area contributed by atoms with Gasteiger partial charge in [0.15, 0.2) is 0 Å². The molecule has 1 atom stereocenters. The Morgan fingerprint density at radius 1 is 1.29 bits per heavy atom. The first kappa shape index (κ1) is 18.6. The van der Waals surface area contributed by atoms with Crippen molar-refractivity contribution in [3.8, 4) is 0 Å². The number of aromatic nitrogens is 1. The van der Waals surface area contributed by atoms with E-state index < -0.39 is 0 Å². The standard InChI is InChI=1S/C19H30N2O3/c1-6-12(2)21(18(22)15-9-7-8-10-15)11-16-13(3)17(19(23)24-5)20-14(16)4/h12,15,20H,6-11H2,1-5H3. The van der Waals surface area contributed by atoms with E-state index in [1.54, 1.807) is 0 Å². The van der Waals surface area contributed by atoms with Crippen LogP contribution in [0.15, 0.2) is 0 Å². The van der Waals surface area contributed by atoms with Gasteiger partial charge in [-0.3, -0.25) is 4.79 Å². The number of methoxy groups -OCH3 is 1. The Morgan fingerprint density at radius 2 is 1.92 bits per heavy atom. The van der Waals surface area contributed by atoms with Crippen molar-refractivity contribution in [1.29, 1.82) is 0 Å². The van der Waals surface area contributed by atoms with Gasteiger partial charge in [-0.2, -0.15) is 0 Å². The van der Waals surface area contributed by atoms with E-state index in [4.69, 9.17) is 4.74 Å². The quantitative estimate of drug-likeness (QED) is 0.806. The highest BCUT2D eigenvalue weighted by Gasteiger charge is 2.30. The van der Waals surface area contributed by atoms with Gasteiger partial charge in [-0.05, 0) is 51.2 Å². The summed E-state index contributed by atoms with van der Waals surface area (Å²) in [5.74, 6) is 0.0687.